The third-order valence-electron chi connectivity index (χ3n) is 5.42. The lowest BCUT2D eigenvalue weighted by molar-refractivity contribution is -0.123. The third kappa shape index (κ3) is 3.60. The largest absolute Gasteiger partial charge is 0.497 e. The van der Waals surface area contributed by atoms with Crippen LogP contribution in [0.5, 0.6) is 5.75 Å². The summed E-state index contributed by atoms with van der Waals surface area (Å²) >= 11 is 0. The number of methoxy groups -OCH3 is 1. The van der Waals surface area contributed by atoms with Gasteiger partial charge in [0.1, 0.15) is 11.3 Å². The van der Waals surface area contributed by atoms with Crippen LogP contribution in [0.15, 0.2) is 27.4 Å². The van der Waals surface area contributed by atoms with Crippen molar-refractivity contribution in [1.82, 2.24) is 5.32 Å². The summed E-state index contributed by atoms with van der Waals surface area (Å²) in [6.07, 6.45) is 2.78. The van der Waals surface area contributed by atoms with Crippen LogP contribution in [0.1, 0.15) is 37.3 Å². The lowest BCUT2D eigenvalue weighted by Gasteiger charge is -2.29. The Hall–Kier alpha value is -2.34. The topological polar surface area (TPSA) is 94.6 Å². The van der Waals surface area contributed by atoms with Crippen LogP contribution in [0.25, 0.3) is 11.0 Å². The van der Waals surface area contributed by atoms with E-state index in [1.807, 2.05) is 26.0 Å². The van der Waals surface area contributed by atoms with Gasteiger partial charge in [-0.25, -0.2) is 4.79 Å². The van der Waals surface area contributed by atoms with Crippen LogP contribution in [-0.4, -0.2) is 25.1 Å². The average Bonchev–Trinajstić information content (AvgIpc) is 3.46. The first-order chi connectivity index (χ1) is 12.4. The standard InChI is InChI=1S/C20H26N2O4/c1-12-15-7-6-14(25-3)10-17(15)26-19(24)16(12)8-9-18(23)22-20(2,11-21)13-4-5-13/h6-7,10,13H,4-5,8-9,11,21H2,1-3H3,(H,22,23). The van der Waals surface area contributed by atoms with Crippen molar-refractivity contribution in [2.75, 3.05) is 13.7 Å². The van der Waals surface area contributed by atoms with Gasteiger partial charge in [-0.1, -0.05) is 0 Å². The SMILES string of the molecule is COc1ccc2c(C)c(CCC(=O)NC(C)(CN)C3CC3)c(=O)oc2c1. The Morgan fingerprint density at radius 1 is 1.42 bits per heavy atom. The number of nitrogens with two attached hydrogens (primary N) is 1. The number of hydrogen-bond acceptors (Lipinski definition) is 5. The Labute approximate surface area is 152 Å². The average molecular weight is 358 g/mol. The van der Waals surface area contributed by atoms with Crippen molar-refractivity contribution < 1.29 is 13.9 Å². The number of aryl methyl sites for hydroxylation is 1. The Morgan fingerprint density at radius 2 is 2.15 bits per heavy atom. The Bertz CT molecular complexity index is 885. The Morgan fingerprint density at radius 3 is 2.77 bits per heavy atom. The maximum atomic E-state index is 12.4. The highest BCUT2D eigenvalue weighted by molar-refractivity contribution is 5.83. The van der Waals surface area contributed by atoms with Gasteiger partial charge in [0.2, 0.25) is 5.91 Å². The molecule has 2 aromatic rings. The summed E-state index contributed by atoms with van der Waals surface area (Å²) in [6, 6.07) is 5.39. The quantitative estimate of drug-likeness (QED) is 0.741. The molecule has 3 N–H and O–H groups in total. The van der Waals surface area contributed by atoms with E-state index >= 15 is 0 Å². The van der Waals surface area contributed by atoms with Crippen molar-refractivity contribution in [1.29, 1.82) is 0 Å². The van der Waals surface area contributed by atoms with Crippen LogP contribution < -0.4 is 21.4 Å². The molecule has 6 heteroatoms. The van der Waals surface area contributed by atoms with Crippen LogP contribution in [0.3, 0.4) is 0 Å². The lowest BCUT2D eigenvalue weighted by atomic mass is 9.95. The molecule has 0 bridgehead atoms. The number of carbonyl (C=O) groups excluding carboxylic acids is 1. The fourth-order valence-electron chi connectivity index (χ4n) is 3.45. The molecule has 1 unspecified atom stereocenters. The van der Waals surface area contributed by atoms with Gasteiger partial charge in [0.25, 0.3) is 0 Å². The molecule has 1 heterocycles. The van der Waals surface area contributed by atoms with Gasteiger partial charge in [0.05, 0.1) is 12.6 Å². The molecule has 6 nitrogen and oxygen atoms in total. The van der Waals surface area contributed by atoms with Gasteiger partial charge in [0.15, 0.2) is 0 Å². The number of carbonyl (C=O) groups is 1. The van der Waals surface area contributed by atoms with Crippen LogP contribution in [0.2, 0.25) is 0 Å². The van der Waals surface area contributed by atoms with Crippen molar-refractivity contribution in [3.8, 4) is 5.75 Å². The molecule has 1 atom stereocenters. The molecule has 1 aliphatic rings. The predicted octanol–water partition coefficient (Wildman–Crippen LogP) is 2.29. The van der Waals surface area contributed by atoms with Gasteiger partial charge in [-0.3, -0.25) is 4.79 Å². The summed E-state index contributed by atoms with van der Waals surface area (Å²) in [7, 11) is 1.57. The van der Waals surface area contributed by atoms with E-state index in [0.717, 1.165) is 23.8 Å². The summed E-state index contributed by atoms with van der Waals surface area (Å²) in [5.74, 6) is 1.01. The second kappa shape index (κ2) is 7.11. The highest BCUT2D eigenvalue weighted by atomic mass is 16.5. The highest BCUT2D eigenvalue weighted by Crippen LogP contribution is 2.39. The minimum Gasteiger partial charge on any atom is -0.497 e. The second-order valence-electron chi connectivity index (χ2n) is 7.30. The van der Waals surface area contributed by atoms with E-state index in [-0.39, 0.29) is 17.9 Å². The van der Waals surface area contributed by atoms with E-state index < -0.39 is 5.63 Å². The van der Waals surface area contributed by atoms with Crippen LogP contribution in [0, 0.1) is 12.8 Å². The van der Waals surface area contributed by atoms with Crippen molar-refractivity contribution in [3.63, 3.8) is 0 Å². The number of nitrogens with one attached hydrogen (secondary N) is 1. The van der Waals surface area contributed by atoms with Gasteiger partial charge in [-0.2, -0.15) is 0 Å². The molecule has 1 saturated carbocycles. The van der Waals surface area contributed by atoms with Crippen LogP contribution in [0.4, 0.5) is 0 Å². The zero-order valence-corrected chi connectivity index (χ0v) is 15.6. The number of ether oxygens (including phenoxy) is 1. The number of amides is 1. The summed E-state index contributed by atoms with van der Waals surface area (Å²) in [5, 5.41) is 3.91. The summed E-state index contributed by atoms with van der Waals surface area (Å²) < 4.78 is 10.6. The molecule has 1 aromatic carbocycles. The molecule has 1 aliphatic carbocycles. The molecule has 1 amide bonds. The number of hydrogen-bond donors (Lipinski definition) is 2. The summed E-state index contributed by atoms with van der Waals surface area (Å²) in [6.45, 7) is 4.29. The molecule has 140 valence electrons. The van der Waals surface area contributed by atoms with E-state index in [1.165, 1.54) is 0 Å². The number of rotatable bonds is 7. The zero-order chi connectivity index (χ0) is 18.9. The fourth-order valence-corrected chi connectivity index (χ4v) is 3.45. The van der Waals surface area contributed by atoms with E-state index in [4.69, 9.17) is 14.9 Å². The van der Waals surface area contributed by atoms with Gasteiger partial charge >= 0.3 is 5.63 Å². The molecule has 0 radical (unpaired) electrons. The van der Waals surface area contributed by atoms with Crippen LogP contribution >= 0.6 is 0 Å². The lowest BCUT2D eigenvalue weighted by Crippen LogP contribution is -2.53. The second-order valence-corrected chi connectivity index (χ2v) is 7.30. The van der Waals surface area contributed by atoms with E-state index in [0.29, 0.717) is 35.8 Å². The molecular formula is C20H26N2O4. The molecule has 0 aliphatic heterocycles. The van der Waals surface area contributed by atoms with Gasteiger partial charge in [0, 0.05) is 30.0 Å². The minimum atomic E-state index is -0.403. The van der Waals surface area contributed by atoms with E-state index in [2.05, 4.69) is 5.32 Å². The smallest absolute Gasteiger partial charge is 0.339 e. The van der Waals surface area contributed by atoms with Crippen molar-refractivity contribution in [3.05, 3.63) is 39.7 Å². The van der Waals surface area contributed by atoms with E-state index in [1.54, 1.807) is 13.2 Å². The van der Waals surface area contributed by atoms with Gasteiger partial charge < -0.3 is 20.2 Å². The maximum absolute atomic E-state index is 12.4. The zero-order valence-electron chi connectivity index (χ0n) is 15.6. The predicted molar refractivity (Wildman–Crippen MR) is 100 cm³/mol. The van der Waals surface area contributed by atoms with Crippen LogP contribution in [-0.2, 0) is 11.2 Å². The number of benzene rings is 1. The van der Waals surface area contributed by atoms with Crippen molar-refractivity contribution >= 4 is 16.9 Å². The van der Waals surface area contributed by atoms with Gasteiger partial charge in [-0.05, 0) is 56.7 Å². The van der Waals surface area contributed by atoms with Gasteiger partial charge in [-0.15, -0.1) is 0 Å². The highest BCUT2D eigenvalue weighted by Gasteiger charge is 2.41. The first-order valence-corrected chi connectivity index (χ1v) is 8.99. The molecule has 0 saturated heterocycles. The Kier molecular flexibility index (Phi) is 5.05. The third-order valence-corrected chi connectivity index (χ3v) is 5.42. The fraction of sp³-hybridized carbons (Fsp3) is 0.500. The normalized spacial score (nSPS) is 16.3. The van der Waals surface area contributed by atoms with Crippen molar-refractivity contribution in [2.24, 2.45) is 11.7 Å². The monoisotopic (exact) mass is 358 g/mol. The summed E-state index contributed by atoms with van der Waals surface area (Å²) in [5.41, 5.74) is 6.97. The summed E-state index contributed by atoms with van der Waals surface area (Å²) in [4.78, 5) is 24.7. The number of fused-ring (bicyclic) bond motifs is 1. The molecule has 26 heavy (non-hydrogen) atoms. The maximum Gasteiger partial charge on any atom is 0.339 e. The first kappa shape index (κ1) is 18.5. The Balaban J connectivity index is 1.76. The molecule has 1 aromatic heterocycles. The first-order valence-electron chi connectivity index (χ1n) is 8.99. The molecular weight excluding hydrogens is 332 g/mol. The minimum absolute atomic E-state index is 0.0847. The molecule has 3 rings (SSSR count). The molecule has 0 spiro atoms. The molecule has 1 fully saturated rings. The van der Waals surface area contributed by atoms with E-state index in [9.17, 15) is 9.59 Å². The van der Waals surface area contributed by atoms with Crippen molar-refractivity contribution in [2.45, 2.75) is 45.1 Å².